The molecule has 0 aliphatic carbocycles. The molecule has 0 aliphatic rings. The Hall–Kier alpha value is -4.04. The van der Waals surface area contributed by atoms with Crippen LogP contribution in [0.3, 0.4) is 0 Å². The van der Waals surface area contributed by atoms with Gasteiger partial charge in [-0.1, -0.05) is 0 Å². The molecule has 0 saturated carbocycles. The van der Waals surface area contributed by atoms with E-state index in [1.807, 2.05) is 0 Å². The molecule has 8 rings (SSSR count). The van der Waals surface area contributed by atoms with Crippen LogP contribution in [0.2, 0.25) is 0 Å². The first-order valence-corrected chi connectivity index (χ1v) is 13.6. The van der Waals surface area contributed by atoms with Crippen molar-refractivity contribution in [1.29, 1.82) is 0 Å². The van der Waals surface area contributed by atoms with Gasteiger partial charge in [-0.2, -0.15) is 0 Å². The predicted octanol–water partition coefficient (Wildman–Crippen LogP) is 8.09. The Labute approximate surface area is 208 Å². The van der Waals surface area contributed by atoms with Gasteiger partial charge >= 0.3 is 208 Å². The molecule has 0 aliphatic heterocycles. The van der Waals surface area contributed by atoms with Gasteiger partial charge in [0.05, 0.1) is 0 Å². The summed E-state index contributed by atoms with van der Waals surface area (Å²) in [5.41, 5.74) is 6.27. The van der Waals surface area contributed by atoms with Gasteiger partial charge in [0.2, 0.25) is 0 Å². The summed E-state index contributed by atoms with van der Waals surface area (Å²) in [5, 5.41) is 6.71. The average Bonchev–Trinajstić information content (AvgIpc) is 3.60. The molecule has 3 aromatic heterocycles. The zero-order valence-corrected chi connectivity index (χ0v) is 20.6. The Morgan fingerprint density at radius 3 is 2.11 bits per heavy atom. The minimum absolute atomic E-state index is 0.293. The van der Waals surface area contributed by atoms with Gasteiger partial charge in [0, 0.05) is 0 Å². The number of aromatic nitrogens is 2. The van der Waals surface area contributed by atoms with Crippen molar-refractivity contribution in [3.63, 3.8) is 0 Å². The van der Waals surface area contributed by atoms with Crippen LogP contribution in [0, 0.1) is 0 Å². The third kappa shape index (κ3) is 2.65. The molecule has 8 aromatic rings. The number of para-hydroxylation sites is 2. The van der Waals surface area contributed by atoms with E-state index in [1.54, 1.807) is 0 Å². The van der Waals surface area contributed by atoms with Crippen molar-refractivity contribution < 1.29 is 0 Å². The zero-order valence-electron chi connectivity index (χ0n) is 18.8. The molecule has 0 spiro atoms. The standard InChI is InChI=1S/C32H20N2Se/c1-2-9-21(10-3-1)33-20-19-25-26(33)17-18-28-31(25)24-12-4-6-14-27(24)34(28)29-15-8-13-23-22-11-5-7-16-30(22)35-32(23)29/h1-20H. The van der Waals surface area contributed by atoms with Gasteiger partial charge in [-0.05, 0) is 0 Å². The van der Waals surface area contributed by atoms with Crippen molar-refractivity contribution in [3.05, 3.63) is 121 Å². The summed E-state index contributed by atoms with van der Waals surface area (Å²) < 4.78 is 7.74. The number of fused-ring (bicyclic) bond motifs is 8. The van der Waals surface area contributed by atoms with Crippen molar-refractivity contribution in [3.8, 4) is 11.4 Å². The number of nitrogens with zero attached hydrogens (tertiary/aromatic N) is 2. The average molecular weight is 511 g/mol. The van der Waals surface area contributed by atoms with Gasteiger partial charge in [-0.3, -0.25) is 0 Å². The molecule has 3 heteroatoms. The first-order chi connectivity index (χ1) is 17.4. The number of benzene rings is 5. The molecule has 0 amide bonds. The van der Waals surface area contributed by atoms with Gasteiger partial charge in [0.15, 0.2) is 0 Å². The van der Waals surface area contributed by atoms with Crippen molar-refractivity contribution in [2.45, 2.75) is 0 Å². The Morgan fingerprint density at radius 1 is 0.486 bits per heavy atom. The fourth-order valence-electron chi connectivity index (χ4n) is 5.67. The maximum absolute atomic E-state index is 2.50. The summed E-state index contributed by atoms with van der Waals surface area (Å²) in [5.74, 6) is 0. The van der Waals surface area contributed by atoms with E-state index in [9.17, 15) is 0 Å². The zero-order chi connectivity index (χ0) is 22.9. The van der Waals surface area contributed by atoms with E-state index in [0.29, 0.717) is 14.5 Å². The third-order valence-corrected chi connectivity index (χ3v) is 9.70. The molecule has 35 heavy (non-hydrogen) atoms. The van der Waals surface area contributed by atoms with Crippen LogP contribution < -0.4 is 0 Å². The van der Waals surface area contributed by atoms with Crippen molar-refractivity contribution >= 4 is 66.5 Å². The Bertz CT molecular complexity index is 2050. The van der Waals surface area contributed by atoms with Gasteiger partial charge in [0.1, 0.15) is 0 Å². The Kier molecular flexibility index (Phi) is 3.98. The van der Waals surface area contributed by atoms with E-state index >= 15 is 0 Å². The van der Waals surface area contributed by atoms with Crippen LogP contribution >= 0.6 is 0 Å². The second kappa shape index (κ2) is 7.23. The molecule has 0 N–H and O–H groups in total. The number of hydrogen-bond acceptors (Lipinski definition) is 0. The summed E-state index contributed by atoms with van der Waals surface area (Å²) in [6.45, 7) is 0. The topological polar surface area (TPSA) is 9.86 Å². The quantitative estimate of drug-likeness (QED) is 0.208. The van der Waals surface area contributed by atoms with E-state index in [0.717, 1.165) is 0 Å². The molecule has 5 aromatic carbocycles. The van der Waals surface area contributed by atoms with E-state index in [-0.39, 0.29) is 0 Å². The fraction of sp³-hybridized carbons (Fsp3) is 0. The van der Waals surface area contributed by atoms with E-state index in [1.165, 1.54) is 63.4 Å². The van der Waals surface area contributed by atoms with Gasteiger partial charge < -0.3 is 0 Å². The van der Waals surface area contributed by atoms with Crippen molar-refractivity contribution in [1.82, 2.24) is 9.13 Å². The molecule has 164 valence electrons. The molecule has 0 atom stereocenters. The second-order valence-electron chi connectivity index (χ2n) is 9.02. The number of rotatable bonds is 2. The molecule has 2 nitrogen and oxygen atoms in total. The van der Waals surface area contributed by atoms with Crippen LogP contribution in [0.5, 0.6) is 0 Å². The molecule has 0 fully saturated rings. The van der Waals surface area contributed by atoms with Gasteiger partial charge in [0.25, 0.3) is 0 Å². The molecule has 0 bridgehead atoms. The summed E-state index contributed by atoms with van der Waals surface area (Å²) in [4.78, 5) is 0. The summed E-state index contributed by atoms with van der Waals surface area (Å²) in [6.07, 6.45) is 2.20. The van der Waals surface area contributed by atoms with Gasteiger partial charge in [-0.15, -0.1) is 0 Å². The van der Waals surface area contributed by atoms with E-state index in [2.05, 4.69) is 131 Å². The van der Waals surface area contributed by atoms with Crippen molar-refractivity contribution in [2.24, 2.45) is 0 Å². The SMILES string of the molecule is c1ccc(-n2ccc3c4c5ccccc5n(-c5cccc6c5[se]c5ccccc56)c4ccc32)cc1. The Balaban J connectivity index is 1.51. The molecule has 0 unspecified atom stereocenters. The van der Waals surface area contributed by atoms with Crippen LogP contribution in [-0.4, -0.2) is 23.6 Å². The van der Waals surface area contributed by atoms with E-state index < -0.39 is 0 Å². The fourth-order valence-corrected chi connectivity index (χ4v) is 8.20. The van der Waals surface area contributed by atoms with Crippen molar-refractivity contribution in [2.75, 3.05) is 0 Å². The van der Waals surface area contributed by atoms with Crippen LogP contribution in [-0.2, 0) is 0 Å². The van der Waals surface area contributed by atoms with E-state index in [4.69, 9.17) is 0 Å². The monoisotopic (exact) mass is 512 g/mol. The first kappa shape index (κ1) is 19.3. The second-order valence-corrected chi connectivity index (χ2v) is 11.2. The molecular formula is C32H20N2Se. The Morgan fingerprint density at radius 2 is 1.20 bits per heavy atom. The van der Waals surface area contributed by atoms with Crippen LogP contribution in [0.15, 0.2) is 121 Å². The maximum atomic E-state index is 2.50. The molecule has 3 heterocycles. The molecule has 0 saturated heterocycles. The third-order valence-electron chi connectivity index (χ3n) is 7.16. The number of hydrogen-bond donors (Lipinski definition) is 0. The predicted molar refractivity (Wildman–Crippen MR) is 150 cm³/mol. The van der Waals surface area contributed by atoms with Gasteiger partial charge in [-0.25, -0.2) is 0 Å². The summed E-state index contributed by atoms with van der Waals surface area (Å²) in [7, 11) is 0. The first-order valence-electron chi connectivity index (χ1n) is 11.9. The normalized spacial score (nSPS) is 12.0. The minimum atomic E-state index is 0.293. The summed E-state index contributed by atoms with van der Waals surface area (Å²) in [6, 6.07) is 42.0. The van der Waals surface area contributed by atoms with Crippen LogP contribution in [0.4, 0.5) is 0 Å². The van der Waals surface area contributed by atoms with Crippen LogP contribution in [0.1, 0.15) is 0 Å². The summed E-state index contributed by atoms with van der Waals surface area (Å²) >= 11 is 0.293. The molecular weight excluding hydrogens is 491 g/mol. The molecule has 0 radical (unpaired) electrons. The van der Waals surface area contributed by atoms with Crippen LogP contribution in [0.25, 0.3) is 63.4 Å².